The number of ether oxygens (including phenoxy) is 2. The van der Waals surface area contributed by atoms with Crippen LogP contribution >= 0.6 is 0 Å². The summed E-state index contributed by atoms with van der Waals surface area (Å²) in [6.45, 7) is 3.99. The van der Waals surface area contributed by atoms with E-state index in [1.54, 1.807) is 14.2 Å². The Kier molecular flexibility index (Phi) is 4.86. The summed E-state index contributed by atoms with van der Waals surface area (Å²) in [4.78, 5) is 0. The van der Waals surface area contributed by atoms with Crippen LogP contribution in [-0.4, -0.2) is 19.3 Å². The predicted molar refractivity (Wildman–Crippen MR) is 84.1 cm³/mol. The Morgan fingerprint density at radius 1 is 0.952 bits per heavy atom. The van der Waals surface area contributed by atoms with Gasteiger partial charge in [0.1, 0.15) is 11.5 Å². The third-order valence-electron chi connectivity index (χ3n) is 3.66. The van der Waals surface area contributed by atoms with Crippen molar-refractivity contribution >= 4 is 0 Å². The Balaban J connectivity index is 2.17. The van der Waals surface area contributed by atoms with Gasteiger partial charge in [0, 0.05) is 6.42 Å². The zero-order valence-electron chi connectivity index (χ0n) is 13.0. The van der Waals surface area contributed by atoms with E-state index in [0.29, 0.717) is 6.42 Å². The van der Waals surface area contributed by atoms with Crippen LogP contribution in [0.2, 0.25) is 0 Å². The first-order chi connectivity index (χ1) is 10.0. The summed E-state index contributed by atoms with van der Waals surface area (Å²) in [5, 5.41) is 10.4. The van der Waals surface area contributed by atoms with Crippen molar-refractivity contribution in [1.29, 1.82) is 0 Å². The van der Waals surface area contributed by atoms with Gasteiger partial charge in [-0.2, -0.15) is 0 Å². The molecule has 0 saturated carbocycles. The number of rotatable bonds is 5. The molecule has 0 aliphatic carbocycles. The van der Waals surface area contributed by atoms with Crippen molar-refractivity contribution in [3.63, 3.8) is 0 Å². The summed E-state index contributed by atoms with van der Waals surface area (Å²) < 4.78 is 10.5. The lowest BCUT2D eigenvalue weighted by Gasteiger charge is -2.16. The van der Waals surface area contributed by atoms with Crippen molar-refractivity contribution in [2.24, 2.45) is 0 Å². The zero-order valence-corrected chi connectivity index (χ0v) is 13.0. The first-order valence-corrected chi connectivity index (χ1v) is 7.01. The molecule has 0 aromatic heterocycles. The van der Waals surface area contributed by atoms with Crippen molar-refractivity contribution in [2.75, 3.05) is 14.2 Å². The van der Waals surface area contributed by atoms with E-state index in [-0.39, 0.29) is 0 Å². The lowest BCUT2D eigenvalue weighted by Crippen LogP contribution is -2.04. The first kappa shape index (κ1) is 15.4. The lowest BCUT2D eigenvalue weighted by atomic mass is 9.97. The van der Waals surface area contributed by atoms with Crippen LogP contribution in [0.3, 0.4) is 0 Å². The maximum absolute atomic E-state index is 10.4. The summed E-state index contributed by atoms with van der Waals surface area (Å²) in [6, 6.07) is 11.7. The second kappa shape index (κ2) is 6.64. The molecule has 1 N–H and O–H groups in total. The number of hydrogen-bond donors (Lipinski definition) is 1. The van der Waals surface area contributed by atoms with E-state index in [1.807, 2.05) is 50.2 Å². The fourth-order valence-corrected chi connectivity index (χ4v) is 2.60. The van der Waals surface area contributed by atoms with E-state index in [2.05, 4.69) is 0 Å². The molecule has 3 heteroatoms. The molecular weight excluding hydrogens is 264 g/mol. The van der Waals surface area contributed by atoms with Gasteiger partial charge in [-0.3, -0.25) is 0 Å². The standard InChI is InChI=1S/C18H22O3/c1-12-9-15(10-13(2)18(12)21-4)17(19)11-14-5-7-16(20-3)8-6-14/h5-10,17,19H,11H2,1-4H3. The minimum Gasteiger partial charge on any atom is -0.497 e. The van der Waals surface area contributed by atoms with Crippen LogP contribution in [0, 0.1) is 13.8 Å². The average molecular weight is 286 g/mol. The van der Waals surface area contributed by atoms with Crippen LogP contribution < -0.4 is 9.47 Å². The Bertz CT molecular complexity index is 579. The molecular formula is C18H22O3. The van der Waals surface area contributed by atoms with Crippen molar-refractivity contribution < 1.29 is 14.6 Å². The van der Waals surface area contributed by atoms with E-state index in [1.165, 1.54) is 0 Å². The Morgan fingerprint density at radius 3 is 2.00 bits per heavy atom. The Morgan fingerprint density at radius 2 is 1.52 bits per heavy atom. The molecule has 112 valence electrons. The number of aliphatic hydroxyl groups excluding tert-OH is 1. The first-order valence-electron chi connectivity index (χ1n) is 7.01. The quantitative estimate of drug-likeness (QED) is 0.912. The summed E-state index contributed by atoms with van der Waals surface area (Å²) in [5.41, 5.74) is 4.08. The third kappa shape index (κ3) is 3.56. The lowest BCUT2D eigenvalue weighted by molar-refractivity contribution is 0.178. The number of aliphatic hydroxyl groups is 1. The van der Waals surface area contributed by atoms with Crippen LogP contribution in [0.4, 0.5) is 0 Å². The molecule has 0 heterocycles. The zero-order chi connectivity index (χ0) is 15.4. The van der Waals surface area contributed by atoms with Crippen molar-refractivity contribution in [2.45, 2.75) is 26.4 Å². The highest BCUT2D eigenvalue weighted by atomic mass is 16.5. The summed E-state index contributed by atoms with van der Waals surface area (Å²) in [5.74, 6) is 1.71. The van der Waals surface area contributed by atoms with Gasteiger partial charge in [0.05, 0.1) is 20.3 Å². The van der Waals surface area contributed by atoms with E-state index in [4.69, 9.17) is 9.47 Å². The van der Waals surface area contributed by atoms with E-state index >= 15 is 0 Å². The molecule has 2 rings (SSSR count). The molecule has 1 unspecified atom stereocenters. The molecule has 3 nitrogen and oxygen atoms in total. The maximum Gasteiger partial charge on any atom is 0.124 e. The van der Waals surface area contributed by atoms with Gasteiger partial charge < -0.3 is 14.6 Å². The predicted octanol–water partition coefficient (Wildman–Crippen LogP) is 3.60. The van der Waals surface area contributed by atoms with Crippen LogP contribution in [0.25, 0.3) is 0 Å². The second-order valence-corrected chi connectivity index (χ2v) is 5.26. The number of benzene rings is 2. The van der Waals surface area contributed by atoms with Crippen LogP contribution in [0.5, 0.6) is 11.5 Å². The van der Waals surface area contributed by atoms with E-state index < -0.39 is 6.10 Å². The smallest absolute Gasteiger partial charge is 0.124 e. The SMILES string of the molecule is COc1ccc(CC(O)c2cc(C)c(OC)c(C)c2)cc1. The fraction of sp³-hybridized carbons (Fsp3) is 0.333. The van der Waals surface area contributed by atoms with Gasteiger partial charge in [0.2, 0.25) is 0 Å². The van der Waals surface area contributed by atoms with Crippen LogP contribution in [0.1, 0.15) is 28.4 Å². The number of aryl methyl sites for hydroxylation is 2. The minimum absolute atomic E-state index is 0.526. The third-order valence-corrected chi connectivity index (χ3v) is 3.66. The van der Waals surface area contributed by atoms with Gasteiger partial charge >= 0.3 is 0 Å². The molecule has 0 fully saturated rings. The Labute approximate surface area is 126 Å². The molecule has 0 aliphatic rings. The summed E-state index contributed by atoms with van der Waals surface area (Å²) in [7, 11) is 3.32. The second-order valence-electron chi connectivity index (χ2n) is 5.26. The van der Waals surface area contributed by atoms with E-state index in [9.17, 15) is 5.11 Å². The maximum atomic E-state index is 10.4. The topological polar surface area (TPSA) is 38.7 Å². The molecule has 2 aromatic rings. The highest BCUT2D eigenvalue weighted by Crippen LogP contribution is 2.28. The van der Waals surface area contributed by atoms with E-state index in [0.717, 1.165) is 33.8 Å². The highest BCUT2D eigenvalue weighted by Gasteiger charge is 2.13. The van der Waals surface area contributed by atoms with Gasteiger partial charge in [-0.15, -0.1) is 0 Å². The minimum atomic E-state index is -0.526. The van der Waals surface area contributed by atoms with Crippen molar-refractivity contribution in [1.82, 2.24) is 0 Å². The van der Waals surface area contributed by atoms with Crippen LogP contribution in [-0.2, 0) is 6.42 Å². The molecule has 2 aromatic carbocycles. The molecule has 0 aliphatic heterocycles. The number of hydrogen-bond acceptors (Lipinski definition) is 3. The molecule has 1 atom stereocenters. The molecule has 21 heavy (non-hydrogen) atoms. The summed E-state index contributed by atoms with van der Waals surface area (Å²) >= 11 is 0. The van der Waals surface area contributed by atoms with Crippen molar-refractivity contribution in [3.05, 3.63) is 58.7 Å². The summed E-state index contributed by atoms with van der Waals surface area (Å²) in [6.07, 6.45) is 0.0524. The monoisotopic (exact) mass is 286 g/mol. The largest absolute Gasteiger partial charge is 0.497 e. The molecule has 0 radical (unpaired) electrons. The molecule has 0 spiro atoms. The van der Waals surface area contributed by atoms with Gasteiger partial charge in [0.25, 0.3) is 0 Å². The fourth-order valence-electron chi connectivity index (χ4n) is 2.60. The van der Waals surface area contributed by atoms with Gasteiger partial charge in [-0.05, 0) is 60.4 Å². The normalized spacial score (nSPS) is 12.0. The highest BCUT2D eigenvalue weighted by molar-refractivity contribution is 5.44. The van der Waals surface area contributed by atoms with Gasteiger partial charge in [0.15, 0.2) is 0 Å². The van der Waals surface area contributed by atoms with Crippen LogP contribution in [0.15, 0.2) is 36.4 Å². The van der Waals surface area contributed by atoms with Gasteiger partial charge in [-0.1, -0.05) is 12.1 Å². The van der Waals surface area contributed by atoms with Crippen molar-refractivity contribution in [3.8, 4) is 11.5 Å². The Hall–Kier alpha value is -2.00. The molecule has 0 amide bonds. The molecule has 0 bridgehead atoms. The molecule has 0 saturated heterocycles. The van der Waals surface area contributed by atoms with Gasteiger partial charge in [-0.25, -0.2) is 0 Å². The average Bonchev–Trinajstić information content (AvgIpc) is 2.47. The number of methoxy groups -OCH3 is 2.